The standard InChI is InChI=1S/C12H18N4S/c1-3-6-13-12(17)16-7-5-9-11(10(16)4-2)15-8-14-9/h3,8,10H,1,4-7H2,2H3,(H,13,17)(H,14,15). The molecule has 0 bridgehead atoms. The van der Waals surface area contributed by atoms with Crippen molar-refractivity contribution in [3.63, 3.8) is 0 Å². The number of fused-ring (bicyclic) bond motifs is 1. The van der Waals surface area contributed by atoms with E-state index in [1.807, 2.05) is 6.08 Å². The van der Waals surface area contributed by atoms with Gasteiger partial charge in [0.05, 0.1) is 18.1 Å². The third kappa shape index (κ3) is 2.34. The normalized spacial score (nSPS) is 18.6. The lowest BCUT2D eigenvalue weighted by Gasteiger charge is -2.36. The molecule has 0 saturated heterocycles. The lowest BCUT2D eigenvalue weighted by molar-refractivity contribution is 0.282. The Morgan fingerprint density at radius 1 is 1.82 bits per heavy atom. The third-order valence-electron chi connectivity index (χ3n) is 3.09. The molecular formula is C12H18N4S. The van der Waals surface area contributed by atoms with Crippen molar-refractivity contribution in [2.45, 2.75) is 25.8 Å². The Morgan fingerprint density at radius 2 is 2.65 bits per heavy atom. The molecule has 1 aromatic heterocycles. The van der Waals surface area contributed by atoms with E-state index < -0.39 is 0 Å². The number of nitrogens with zero attached hydrogens (tertiary/aromatic N) is 2. The third-order valence-corrected chi connectivity index (χ3v) is 3.47. The monoisotopic (exact) mass is 250 g/mol. The van der Waals surface area contributed by atoms with Gasteiger partial charge in [0.1, 0.15) is 0 Å². The van der Waals surface area contributed by atoms with E-state index in [2.05, 4.69) is 33.7 Å². The topological polar surface area (TPSA) is 44.0 Å². The molecule has 0 aliphatic carbocycles. The van der Waals surface area contributed by atoms with Crippen LogP contribution in [0.3, 0.4) is 0 Å². The summed E-state index contributed by atoms with van der Waals surface area (Å²) in [7, 11) is 0. The van der Waals surface area contributed by atoms with Crippen LogP contribution in [0.1, 0.15) is 30.8 Å². The Bertz CT molecular complexity index is 412. The van der Waals surface area contributed by atoms with E-state index in [4.69, 9.17) is 12.2 Å². The van der Waals surface area contributed by atoms with Gasteiger partial charge >= 0.3 is 0 Å². The molecule has 0 radical (unpaired) electrons. The predicted molar refractivity (Wildman–Crippen MR) is 72.8 cm³/mol. The van der Waals surface area contributed by atoms with Gasteiger partial charge in [0.25, 0.3) is 0 Å². The van der Waals surface area contributed by atoms with Crippen LogP contribution in [0.5, 0.6) is 0 Å². The van der Waals surface area contributed by atoms with Crippen LogP contribution in [0, 0.1) is 0 Å². The van der Waals surface area contributed by atoms with Crippen molar-refractivity contribution >= 4 is 17.3 Å². The van der Waals surface area contributed by atoms with Gasteiger partial charge in [-0.3, -0.25) is 0 Å². The highest BCUT2D eigenvalue weighted by atomic mass is 32.1. The molecule has 0 aromatic carbocycles. The summed E-state index contributed by atoms with van der Waals surface area (Å²) in [6, 6.07) is 0.287. The SMILES string of the molecule is C=CCNC(=S)N1CCc2[nH]cnc2C1CC. The van der Waals surface area contributed by atoms with Gasteiger partial charge < -0.3 is 15.2 Å². The number of thiocarbonyl (C=S) groups is 1. The van der Waals surface area contributed by atoms with Crippen molar-refractivity contribution in [3.05, 3.63) is 30.4 Å². The fourth-order valence-corrected chi connectivity index (χ4v) is 2.57. The number of hydrogen-bond donors (Lipinski definition) is 2. The smallest absolute Gasteiger partial charge is 0.169 e. The number of H-pyrrole nitrogens is 1. The molecule has 1 aliphatic heterocycles. The fourth-order valence-electron chi connectivity index (χ4n) is 2.27. The van der Waals surface area contributed by atoms with Crippen molar-refractivity contribution in [1.82, 2.24) is 20.2 Å². The van der Waals surface area contributed by atoms with Gasteiger partial charge in [-0.25, -0.2) is 4.98 Å². The van der Waals surface area contributed by atoms with Crippen molar-refractivity contribution in [1.29, 1.82) is 0 Å². The number of nitrogens with one attached hydrogen (secondary N) is 2. The number of aromatic nitrogens is 2. The summed E-state index contributed by atoms with van der Waals surface area (Å²) in [6.07, 6.45) is 5.57. The second-order valence-electron chi connectivity index (χ2n) is 4.11. The first kappa shape index (κ1) is 12.1. The van der Waals surface area contributed by atoms with Gasteiger partial charge in [0, 0.05) is 25.2 Å². The lowest BCUT2D eigenvalue weighted by atomic mass is 10.0. The van der Waals surface area contributed by atoms with E-state index in [9.17, 15) is 0 Å². The molecule has 5 heteroatoms. The van der Waals surface area contributed by atoms with E-state index in [1.54, 1.807) is 6.33 Å². The van der Waals surface area contributed by atoms with E-state index in [-0.39, 0.29) is 6.04 Å². The van der Waals surface area contributed by atoms with E-state index >= 15 is 0 Å². The Morgan fingerprint density at radius 3 is 3.35 bits per heavy atom. The minimum atomic E-state index is 0.287. The zero-order valence-corrected chi connectivity index (χ0v) is 10.9. The lowest BCUT2D eigenvalue weighted by Crippen LogP contribution is -2.45. The number of hydrogen-bond acceptors (Lipinski definition) is 2. The maximum Gasteiger partial charge on any atom is 0.169 e. The summed E-state index contributed by atoms with van der Waals surface area (Å²) < 4.78 is 0. The largest absolute Gasteiger partial charge is 0.359 e. The molecule has 0 saturated carbocycles. The molecule has 4 nitrogen and oxygen atoms in total. The summed E-state index contributed by atoms with van der Waals surface area (Å²) in [5, 5.41) is 3.99. The molecule has 17 heavy (non-hydrogen) atoms. The maximum absolute atomic E-state index is 5.41. The molecule has 2 N–H and O–H groups in total. The highest BCUT2D eigenvalue weighted by Gasteiger charge is 2.29. The average molecular weight is 250 g/mol. The van der Waals surface area contributed by atoms with Crippen LogP contribution in [0.2, 0.25) is 0 Å². The quantitative estimate of drug-likeness (QED) is 0.634. The number of imidazole rings is 1. The molecule has 1 aromatic rings. The molecule has 0 amide bonds. The van der Waals surface area contributed by atoms with Crippen LogP contribution >= 0.6 is 12.2 Å². The first-order chi connectivity index (χ1) is 8.27. The first-order valence-electron chi connectivity index (χ1n) is 5.95. The number of rotatable bonds is 3. The van der Waals surface area contributed by atoms with Crippen molar-refractivity contribution in [2.75, 3.05) is 13.1 Å². The zero-order chi connectivity index (χ0) is 12.3. The van der Waals surface area contributed by atoms with Crippen molar-refractivity contribution in [3.8, 4) is 0 Å². The van der Waals surface area contributed by atoms with Crippen LogP contribution in [-0.2, 0) is 6.42 Å². The highest BCUT2D eigenvalue weighted by Crippen LogP contribution is 2.29. The predicted octanol–water partition coefficient (Wildman–Crippen LogP) is 1.78. The first-order valence-corrected chi connectivity index (χ1v) is 6.36. The van der Waals surface area contributed by atoms with Crippen LogP contribution < -0.4 is 5.32 Å². The highest BCUT2D eigenvalue weighted by molar-refractivity contribution is 7.80. The molecular weight excluding hydrogens is 232 g/mol. The van der Waals surface area contributed by atoms with E-state index in [0.29, 0.717) is 6.54 Å². The maximum atomic E-state index is 5.41. The molecule has 2 heterocycles. The molecule has 1 aliphatic rings. The minimum Gasteiger partial charge on any atom is -0.359 e. The van der Waals surface area contributed by atoms with Gasteiger partial charge in [-0.2, -0.15) is 0 Å². The van der Waals surface area contributed by atoms with Gasteiger partial charge in [-0.05, 0) is 18.6 Å². The Kier molecular flexibility index (Phi) is 3.78. The van der Waals surface area contributed by atoms with Crippen LogP contribution in [0.15, 0.2) is 19.0 Å². The van der Waals surface area contributed by atoms with Gasteiger partial charge in [-0.1, -0.05) is 13.0 Å². The Labute approximate surface area is 107 Å². The minimum absolute atomic E-state index is 0.287. The molecule has 2 rings (SSSR count). The summed E-state index contributed by atoms with van der Waals surface area (Å²) in [5.41, 5.74) is 2.39. The van der Waals surface area contributed by atoms with Gasteiger partial charge in [0.15, 0.2) is 5.11 Å². The second kappa shape index (κ2) is 5.31. The van der Waals surface area contributed by atoms with Crippen molar-refractivity contribution < 1.29 is 0 Å². The van der Waals surface area contributed by atoms with E-state index in [1.165, 1.54) is 5.69 Å². The van der Waals surface area contributed by atoms with Crippen LogP contribution in [-0.4, -0.2) is 33.1 Å². The zero-order valence-electron chi connectivity index (χ0n) is 10.1. The average Bonchev–Trinajstić information content (AvgIpc) is 2.82. The summed E-state index contributed by atoms with van der Waals surface area (Å²) in [6.45, 7) is 7.50. The van der Waals surface area contributed by atoms with Crippen LogP contribution in [0.4, 0.5) is 0 Å². The van der Waals surface area contributed by atoms with Crippen molar-refractivity contribution in [2.24, 2.45) is 0 Å². The molecule has 0 fully saturated rings. The van der Waals surface area contributed by atoms with Gasteiger partial charge in [-0.15, -0.1) is 6.58 Å². The van der Waals surface area contributed by atoms with Crippen LogP contribution in [0.25, 0.3) is 0 Å². The van der Waals surface area contributed by atoms with Gasteiger partial charge in [0.2, 0.25) is 0 Å². The second-order valence-corrected chi connectivity index (χ2v) is 4.50. The summed E-state index contributed by atoms with van der Waals surface area (Å²) in [5.74, 6) is 0. The molecule has 0 spiro atoms. The molecule has 92 valence electrons. The number of aromatic amines is 1. The summed E-state index contributed by atoms with van der Waals surface area (Å²) >= 11 is 5.41. The molecule has 1 atom stereocenters. The summed E-state index contributed by atoms with van der Waals surface area (Å²) in [4.78, 5) is 9.85. The Hall–Kier alpha value is -1.36. The fraction of sp³-hybridized carbons (Fsp3) is 0.500. The molecule has 1 unspecified atom stereocenters. The van der Waals surface area contributed by atoms with E-state index in [0.717, 1.165) is 30.2 Å². The Balaban J connectivity index is 2.14.